The van der Waals surface area contributed by atoms with Crippen molar-refractivity contribution in [3.63, 3.8) is 0 Å². The number of hydrogen-bond acceptors (Lipinski definition) is 2. The molecule has 5 atom stereocenters. The summed E-state index contributed by atoms with van der Waals surface area (Å²) >= 11 is 0. The van der Waals surface area contributed by atoms with E-state index < -0.39 is 0 Å². The van der Waals surface area contributed by atoms with Gasteiger partial charge in [-0.05, 0) is 116 Å². The summed E-state index contributed by atoms with van der Waals surface area (Å²) in [6.45, 7) is 12.9. The summed E-state index contributed by atoms with van der Waals surface area (Å²) in [5, 5.41) is 0. The van der Waals surface area contributed by atoms with Gasteiger partial charge >= 0.3 is 0 Å². The van der Waals surface area contributed by atoms with Crippen LogP contribution in [0.1, 0.15) is 112 Å². The minimum absolute atomic E-state index is 0.0679. The van der Waals surface area contributed by atoms with Gasteiger partial charge in [0.05, 0.1) is 5.54 Å². The Morgan fingerprint density at radius 1 is 0.710 bits per heavy atom. The van der Waals surface area contributed by atoms with Gasteiger partial charge in [-0.25, -0.2) is 0 Å². The molecule has 0 aromatic rings. The summed E-state index contributed by atoms with van der Waals surface area (Å²) in [6, 6.07) is 0. The molecular formula is C28H45NO2. The van der Waals surface area contributed by atoms with E-state index in [1.807, 2.05) is 0 Å². The number of imide groups is 1. The predicted octanol–water partition coefficient (Wildman–Crippen LogP) is 6.60. The number of hydrogen-bond donors (Lipinski definition) is 0. The van der Waals surface area contributed by atoms with E-state index >= 15 is 0 Å². The lowest BCUT2D eigenvalue weighted by Gasteiger charge is -2.67. The van der Waals surface area contributed by atoms with Crippen LogP contribution >= 0.6 is 0 Å². The molecule has 8 aliphatic rings. The number of rotatable bonds is 1. The van der Waals surface area contributed by atoms with Crippen molar-refractivity contribution in [1.82, 2.24) is 4.90 Å². The Labute approximate surface area is 190 Å². The molecule has 5 unspecified atom stereocenters. The van der Waals surface area contributed by atoms with Crippen molar-refractivity contribution in [2.75, 3.05) is 0 Å². The highest BCUT2D eigenvalue weighted by atomic mass is 16.2. The summed E-state index contributed by atoms with van der Waals surface area (Å²) in [5.74, 6) is 4.97. The van der Waals surface area contributed by atoms with Crippen LogP contribution < -0.4 is 0 Å². The molecule has 0 aromatic heterocycles. The summed E-state index contributed by atoms with van der Waals surface area (Å²) in [6.07, 6.45) is 14.8. The molecule has 0 aliphatic heterocycles. The van der Waals surface area contributed by atoms with Gasteiger partial charge in [-0.2, -0.15) is 0 Å². The lowest BCUT2D eigenvalue weighted by atomic mass is 9.42. The first-order valence-electron chi connectivity index (χ1n) is 13.2. The predicted molar refractivity (Wildman–Crippen MR) is 124 cm³/mol. The van der Waals surface area contributed by atoms with Crippen LogP contribution in [0.2, 0.25) is 0 Å². The highest BCUT2D eigenvalue weighted by Crippen LogP contribution is 2.67. The molecule has 8 rings (SSSR count). The van der Waals surface area contributed by atoms with Gasteiger partial charge in [0, 0.05) is 13.8 Å². The number of nitrogens with zero attached hydrogens (tertiary/aromatic N) is 1. The van der Waals surface area contributed by atoms with E-state index in [-0.39, 0.29) is 17.4 Å². The molecule has 0 N–H and O–H groups in total. The molecular weight excluding hydrogens is 382 g/mol. The van der Waals surface area contributed by atoms with Gasteiger partial charge in [0.25, 0.3) is 0 Å². The molecule has 0 heterocycles. The van der Waals surface area contributed by atoms with Crippen LogP contribution in [0.5, 0.6) is 0 Å². The van der Waals surface area contributed by atoms with Gasteiger partial charge in [-0.3, -0.25) is 14.5 Å². The largest absolute Gasteiger partial charge is 0.277 e. The molecule has 0 spiro atoms. The second-order valence-electron chi connectivity index (χ2n) is 14.3. The van der Waals surface area contributed by atoms with Crippen LogP contribution in [0.4, 0.5) is 0 Å². The second kappa shape index (κ2) is 6.83. The molecule has 3 nitrogen and oxygen atoms in total. The van der Waals surface area contributed by atoms with E-state index in [1.165, 1.54) is 19.3 Å². The zero-order valence-corrected chi connectivity index (χ0v) is 20.9. The van der Waals surface area contributed by atoms with Gasteiger partial charge in [0.1, 0.15) is 0 Å². The maximum Gasteiger partial charge on any atom is 0.226 e. The molecule has 0 aromatic carbocycles. The van der Waals surface area contributed by atoms with Crippen LogP contribution in [0.15, 0.2) is 0 Å². The molecule has 8 saturated carbocycles. The standard InChI is InChI=1S/C16H25NO2.C12H20/c1-11(18)17(12(2)19)16-7-13-5-14(3,9-16)8-15(4,6-13)10-16;1-8-11-4-9-3-10(5-11)7-12(8,2)6-9/h13H,5-10H2,1-4H3;8-11H,3-7H2,1-2H3. The second-order valence-corrected chi connectivity index (χ2v) is 14.3. The lowest BCUT2D eigenvalue weighted by Crippen LogP contribution is -2.66. The van der Waals surface area contributed by atoms with Crippen molar-refractivity contribution in [3.8, 4) is 0 Å². The minimum atomic E-state index is -0.180. The Morgan fingerprint density at radius 2 is 1.23 bits per heavy atom. The Kier molecular flexibility index (Phi) is 4.84. The molecule has 0 radical (unpaired) electrons. The van der Waals surface area contributed by atoms with Crippen LogP contribution in [-0.4, -0.2) is 22.3 Å². The van der Waals surface area contributed by atoms with Crippen molar-refractivity contribution in [3.05, 3.63) is 0 Å². The van der Waals surface area contributed by atoms with Crippen molar-refractivity contribution >= 4 is 11.8 Å². The smallest absolute Gasteiger partial charge is 0.226 e. The topological polar surface area (TPSA) is 37.4 Å². The quantitative estimate of drug-likeness (QED) is 0.473. The van der Waals surface area contributed by atoms with Gasteiger partial charge in [0.2, 0.25) is 11.8 Å². The highest BCUT2D eigenvalue weighted by molar-refractivity contribution is 5.94. The van der Waals surface area contributed by atoms with Crippen molar-refractivity contribution in [1.29, 1.82) is 0 Å². The van der Waals surface area contributed by atoms with Crippen LogP contribution in [0, 0.1) is 45.8 Å². The van der Waals surface area contributed by atoms with E-state index in [1.54, 1.807) is 50.9 Å². The highest BCUT2D eigenvalue weighted by Gasteiger charge is 2.63. The number of amides is 2. The van der Waals surface area contributed by atoms with Crippen LogP contribution in [0.25, 0.3) is 0 Å². The van der Waals surface area contributed by atoms with E-state index in [2.05, 4.69) is 27.7 Å². The molecule has 0 saturated heterocycles. The van der Waals surface area contributed by atoms with Crippen LogP contribution in [0.3, 0.4) is 0 Å². The van der Waals surface area contributed by atoms with Crippen molar-refractivity contribution < 1.29 is 9.59 Å². The third-order valence-corrected chi connectivity index (χ3v) is 11.0. The summed E-state index contributed by atoms with van der Waals surface area (Å²) in [7, 11) is 0. The first-order chi connectivity index (χ1) is 14.3. The van der Waals surface area contributed by atoms with E-state index in [9.17, 15) is 9.59 Å². The summed E-state index contributed by atoms with van der Waals surface area (Å²) in [5.41, 5.74) is 1.24. The normalized spacial score (nSPS) is 53.2. The number of carbonyl (C=O) groups excluding carboxylic acids is 2. The van der Waals surface area contributed by atoms with E-state index in [0.717, 1.165) is 48.3 Å². The maximum absolute atomic E-state index is 12.0. The Balaban J connectivity index is 0.000000145. The summed E-state index contributed by atoms with van der Waals surface area (Å²) in [4.78, 5) is 25.6. The van der Waals surface area contributed by atoms with Crippen molar-refractivity contribution in [2.24, 2.45) is 45.8 Å². The fraction of sp³-hybridized carbons (Fsp3) is 0.929. The first kappa shape index (κ1) is 22.0. The van der Waals surface area contributed by atoms with Gasteiger partial charge in [-0.15, -0.1) is 0 Å². The molecule has 8 fully saturated rings. The molecule has 8 aliphatic carbocycles. The molecule has 31 heavy (non-hydrogen) atoms. The zero-order chi connectivity index (χ0) is 22.4. The fourth-order valence-electron chi connectivity index (χ4n) is 11.2. The molecule has 2 amide bonds. The Hall–Kier alpha value is -0.860. The van der Waals surface area contributed by atoms with Crippen molar-refractivity contribution in [2.45, 2.75) is 118 Å². The Bertz CT molecular complexity index is 740. The summed E-state index contributed by atoms with van der Waals surface area (Å²) < 4.78 is 0. The SMILES string of the molecule is CC(=O)N(C(C)=O)C12CC3CC(C)(CC(C)(C3)C1)C2.CC1C2CC3CC(C2)CC1(C)C3. The zero-order valence-electron chi connectivity index (χ0n) is 20.9. The lowest BCUT2D eigenvalue weighted by molar-refractivity contribution is -0.180. The van der Waals surface area contributed by atoms with E-state index in [4.69, 9.17) is 0 Å². The monoisotopic (exact) mass is 427 g/mol. The molecule has 174 valence electrons. The van der Waals surface area contributed by atoms with Gasteiger partial charge in [0.15, 0.2) is 0 Å². The van der Waals surface area contributed by atoms with Gasteiger partial charge < -0.3 is 0 Å². The Morgan fingerprint density at radius 3 is 1.65 bits per heavy atom. The fourth-order valence-corrected chi connectivity index (χ4v) is 11.2. The molecule has 3 heteroatoms. The third kappa shape index (κ3) is 3.52. The third-order valence-electron chi connectivity index (χ3n) is 11.0. The average molecular weight is 428 g/mol. The number of carbonyl (C=O) groups is 2. The maximum atomic E-state index is 12.0. The minimum Gasteiger partial charge on any atom is -0.277 e. The van der Waals surface area contributed by atoms with Gasteiger partial charge in [-0.1, -0.05) is 27.7 Å². The van der Waals surface area contributed by atoms with E-state index in [0.29, 0.717) is 16.7 Å². The molecule has 8 bridgehead atoms. The first-order valence-corrected chi connectivity index (χ1v) is 13.2. The average Bonchev–Trinajstić information content (AvgIpc) is 2.54. The van der Waals surface area contributed by atoms with Crippen LogP contribution in [-0.2, 0) is 9.59 Å².